The van der Waals surface area contributed by atoms with Crippen LogP contribution in [0.1, 0.15) is 56.8 Å². The third-order valence-electron chi connectivity index (χ3n) is 7.77. The Morgan fingerprint density at radius 2 is 2.11 bits per heavy atom. The van der Waals surface area contributed by atoms with Gasteiger partial charge in [0.1, 0.15) is 29.6 Å². The van der Waals surface area contributed by atoms with Crippen molar-refractivity contribution in [3.63, 3.8) is 0 Å². The number of allylic oxidation sites excluding steroid dienone is 2. The highest BCUT2D eigenvalue weighted by Gasteiger charge is 2.47. The second-order valence-corrected chi connectivity index (χ2v) is 10.7. The summed E-state index contributed by atoms with van der Waals surface area (Å²) in [5, 5.41) is 23.2. The number of carbonyl (C=O) groups excluding carboxylic acids is 1. The van der Waals surface area contributed by atoms with Gasteiger partial charge in [-0.15, -0.1) is 0 Å². The van der Waals surface area contributed by atoms with Gasteiger partial charge in [-0.1, -0.05) is 18.5 Å². The van der Waals surface area contributed by atoms with E-state index in [9.17, 15) is 14.3 Å². The minimum atomic E-state index is -0.714. The van der Waals surface area contributed by atoms with Gasteiger partial charge in [-0.2, -0.15) is 0 Å². The Balaban J connectivity index is 1.36. The number of nitrogens with zero attached hydrogens (tertiary/aromatic N) is 3. The van der Waals surface area contributed by atoms with Crippen molar-refractivity contribution in [1.82, 2.24) is 15.1 Å². The predicted octanol–water partition coefficient (Wildman–Crippen LogP) is 3.80. The molecule has 3 saturated heterocycles. The maximum atomic E-state index is 14.3. The number of hydrogen-bond acceptors (Lipinski definition) is 7. The fourth-order valence-electron chi connectivity index (χ4n) is 5.95. The lowest BCUT2D eigenvalue weighted by molar-refractivity contribution is -0.0642. The summed E-state index contributed by atoms with van der Waals surface area (Å²) in [5.74, 6) is -0.245. The number of amides is 1. The summed E-state index contributed by atoms with van der Waals surface area (Å²) in [6.45, 7) is 6.97. The number of aliphatic imine (C=N–C) groups is 1. The molecule has 4 aliphatic heterocycles. The number of rotatable bonds is 5. The summed E-state index contributed by atoms with van der Waals surface area (Å²) in [4.78, 5) is 21.9. The third-order valence-corrected chi connectivity index (χ3v) is 8.33. The number of likely N-dealkylation sites (tertiary alicyclic amines) is 1. The zero-order valence-corrected chi connectivity index (χ0v) is 22.1. The summed E-state index contributed by atoms with van der Waals surface area (Å²) in [6, 6.07) is 4.20. The second kappa shape index (κ2) is 10.2. The van der Waals surface area contributed by atoms with E-state index in [1.807, 2.05) is 6.92 Å². The van der Waals surface area contributed by atoms with Crippen LogP contribution in [0.3, 0.4) is 0 Å². The molecule has 8 nitrogen and oxygen atoms in total. The van der Waals surface area contributed by atoms with Crippen LogP contribution in [0, 0.1) is 11.2 Å². The summed E-state index contributed by atoms with van der Waals surface area (Å²) in [6.07, 6.45) is 2.32. The van der Waals surface area contributed by atoms with E-state index in [2.05, 4.69) is 22.1 Å². The van der Waals surface area contributed by atoms with Gasteiger partial charge in [0.25, 0.3) is 5.91 Å². The third kappa shape index (κ3) is 4.80. The average Bonchev–Trinajstić information content (AvgIpc) is 3.40. The molecule has 4 atom stereocenters. The predicted molar refractivity (Wildman–Crippen MR) is 141 cm³/mol. The Bertz CT molecular complexity index is 1230. The molecule has 198 valence electrons. The van der Waals surface area contributed by atoms with E-state index < -0.39 is 18.0 Å². The van der Waals surface area contributed by atoms with Crippen LogP contribution in [0.5, 0.6) is 5.75 Å². The normalized spacial score (nSPS) is 30.1. The first-order valence-corrected chi connectivity index (χ1v) is 13.2. The molecule has 0 saturated carbocycles. The fourth-order valence-corrected chi connectivity index (χ4v) is 6.04. The lowest BCUT2D eigenvalue weighted by atomic mass is 9.96. The molecule has 2 bridgehead atoms. The number of aliphatic hydroxyl groups is 1. The van der Waals surface area contributed by atoms with Gasteiger partial charge < -0.3 is 25.5 Å². The van der Waals surface area contributed by atoms with Crippen LogP contribution < -0.4 is 10.1 Å². The number of ether oxygens (including phenoxy) is 1. The monoisotopic (exact) mass is 529 g/mol. The molecule has 1 amide bonds. The average molecular weight is 530 g/mol. The molecule has 5 rings (SSSR count). The topological polar surface area (TPSA) is 101 Å². The lowest BCUT2D eigenvalue weighted by Crippen LogP contribution is -2.56. The van der Waals surface area contributed by atoms with Gasteiger partial charge in [0.2, 0.25) is 0 Å². The summed E-state index contributed by atoms with van der Waals surface area (Å²) in [7, 11) is 0. The zero-order chi connectivity index (χ0) is 26.4. The molecule has 0 aliphatic carbocycles. The minimum absolute atomic E-state index is 0.0164. The molecule has 0 spiro atoms. The molecule has 0 radical (unpaired) electrons. The second-order valence-electron chi connectivity index (χ2n) is 10.3. The fraction of sp³-hybridized carbons (Fsp3) is 0.519. The van der Waals surface area contributed by atoms with Gasteiger partial charge in [0, 0.05) is 35.8 Å². The first-order chi connectivity index (χ1) is 17.7. The number of nitrogens with one attached hydrogen (secondary N) is 2. The number of fused-ring (bicyclic) bond motifs is 2. The molecule has 1 unspecified atom stereocenters. The Morgan fingerprint density at radius 3 is 2.84 bits per heavy atom. The smallest absolute Gasteiger partial charge is 0.258 e. The van der Waals surface area contributed by atoms with Crippen molar-refractivity contribution in [2.24, 2.45) is 4.99 Å². The maximum Gasteiger partial charge on any atom is 0.258 e. The quantitative estimate of drug-likeness (QED) is 0.538. The van der Waals surface area contributed by atoms with E-state index in [0.717, 1.165) is 31.5 Å². The van der Waals surface area contributed by atoms with Crippen LogP contribution in [0.2, 0.25) is 0 Å². The van der Waals surface area contributed by atoms with Crippen molar-refractivity contribution in [3.8, 4) is 5.75 Å². The van der Waals surface area contributed by atoms with Crippen molar-refractivity contribution >= 4 is 28.9 Å². The number of benzene rings is 1. The van der Waals surface area contributed by atoms with Gasteiger partial charge in [0.05, 0.1) is 35.1 Å². The van der Waals surface area contributed by atoms with E-state index in [0.29, 0.717) is 34.6 Å². The number of halogens is 2. The molecular weight excluding hydrogens is 497 g/mol. The lowest BCUT2D eigenvalue weighted by Gasteiger charge is -2.42. The number of aliphatic hydroxyl groups excluding tert-OH is 1. The Kier molecular flexibility index (Phi) is 7.13. The van der Waals surface area contributed by atoms with Crippen LogP contribution in [0.15, 0.2) is 45.3 Å². The molecular formula is C27H33ClFN5O3. The van der Waals surface area contributed by atoms with Crippen LogP contribution >= 0.6 is 11.6 Å². The molecule has 1 aromatic carbocycles. The molecule has 3 fully saturated rings. The first-order valence-electron chi connectivity index (χ1n) is 12.9. The minimum Gasteiger partial charge on any atom is -0.487 e. The summed E-state index contributed by atoms with van der Waals surface area (Å²) < 4.78 is 20.5. The van der Waals surface area contributed by atoms with Crippen molar-refractivity contribution in [2.45, 2.75) is 70.7 Å². The zero-order valence-electron chi connectivity index (χ0n) is 21.4. The molecule has 0 aromatic heterocycles. The first kappa shape index (κ1) is 25.9. The molecule has 10 heteroatoms. The Morgan fingerprint density at radius 1 is 1.32 bits per heavy atom. The van der Waals surface area contributed by atoms with Crippen LogP contribution in [-0.2, 0) is 0 Å². The Labute approximate surface area is 221 Å². The van der Waals surface area contributed by atoms with E-state index in [-0.39, 0.29) is 42.1 Å². The van der Waals surface area contributed by atoms with Gasteiger partial charge in [-0.3, -0.25) is 9.69 Å². The SMILES string of the molecule is CCCN1[C@H]2CC[C@@H]1C(O)[C@H](Oc1cc(F)ccc1C(=O)N1CC(=N)/C(=C3/N=C(C)C(Cl)=C(C)N3)C1)C2. The molecule has 3 N–H and O–H groups in total. The van der Waals surface area contributed by atoms with E-state index >= 15 is 0 Å². The number of hydrogen-bond donors (Lipinski definition) is 3. The molecule has 4 aliphatic rings. The standard InChI is InChI=1S/C27H33ClFN5O3/c1-4-9-34-17-6-8-21(34)25(35)23(11-17)37-22-10-16(29)5-7-18(22)27(36)33-12-19(20(30)13-33)26-31-14(2)24(28)15(3)32-26/h5,7,10,17,21,23,25,30-31,35H,4,6,8-9,11-13H2,1-3H3/b26-19+,30-20?/t17-,21+,23+,25?/m0/s1. The van der Waals surface area contributed by atoms with Crippen LogP contribution in [0.4, 0.5) is 4.39 Å². The van der Waals surface area contributed by atoms with Gasteiger partial charge in [0.15, 0.2) is 0 Å². The summed E-state index contributed by atoms with van der Waals surface area (Å²) >= 11 is 6.23. The van der Waals surface area contributed by atoms with E-state index in [1.165, 1.54) is 23.1 Å². The van der Waals surface area contributed by atoms with Gasteiger partial charge in [-0.05, 0) is 51.8 Å². The van der Waals surface area contributed by atoms with Crippen LogP contribution in [0.25, 0.3) is 0 Å². The highest BCUT2D eigenvalue weighted by atomic mass is 35.5. The number of carbonyl (C=O) groups is 1. The van der Waals surface area contributed by atoms with E-state index in [1.54, 1.807) is 6.92 Å². The van der Waals surface area contributed by atoms with Crippen LogP contribution in [-0.4, -0.2) is 76.2 Å². The number of piperidine rings is 1. The van der Waals surface area contributed by atoms with Gasteiger partial charge >= 0.3 is 0 Å². The maximum absolute atomic E-state index is 14.3. The Hall–Kier alpha value is -2.75. The molecule has 4 heterocycles. The van der Waals surface area contributed by atoms with Crippen molar-refractivity contribution in [1.29, 1.82) is 5.41 Å². The van der Waals surface area contributed by atoms with Crippen molar-refractivity contribution in [2.75, 3.05) is 19.6 Å². The largest absolute Gasteiger partial charge is 0.487 e. The molecule has 37 heavy (non-hydrogen) atoms. The summed E-state index contributed by atoms with van der Waals surface area (Å²) in [5.41, 5.74) is 2.48. The molecule has 1 aromatic rings. The van der Waals surface area contributed by atoms with E-state index in [4.69, 9.17) is 21.7 Å². The highest BCUT2D eigenvalue weighted by Crippen LogP contribution is 2.38. The highest BCUT2D eigenvalue weighted by molar-refractivity contribution is 6.43. The van der Waals surface area contributed by atoms with Crippen molar-refractivity contribution in [3.05, 3.63) is 51.7 Å². The van der Waals surface area contributed by atoms with Crippen molar-refractivity contribution < 1.29 is 19.0 Å². The van der Waals surface area contributed by atoms with Gasteiger partial charge in [-0.25, -0.2) is 9.38 Å².